The Morgan fingerprint density at radius 1 is 0.500 bits per heavy atom. The lowest BCUT2D eigenvalue weighted by atomic mass is 10.1. The molecule has 0 spiro atoms. The zero-order chi connectivity index (χ0) is 22.1. The van der Waals surface area contributed by atoms with Crippen LogP contribution in [0.15, 0.2) is 0 Å². The molecule has 0 amide bonds. The minimum absolute atomic E-state index is 0.0699. The molecule has 0 aliphatic carbocycles. The largest absolute Gasteiger partial charge is 0.382 e. The Morgan fingerprint density at radius 2 is 0.767 bits per heavy atom. The molecule has 0 atom stereocenters. The lowest BCUT2D eigenvalue weighted by molar-refractivity contribution is -0.123. The van der Waals surface area contributed by atoms with Gasteiger partial charge in [0.2, 0.25) is 0 Å². The quantitative estimate of drug-likeness (QED) is 0.196. The summed E-state index contributed by atoms with van der Waals surface area (Å²) < 4.78 is 42.5. The highest BCUT2D eigenvalue weighted by molar-refractivity contribution is 5.80. The Balaban J connectivity index is 3.04. The number of carbonyl (C=O) groups excluding carboxylic acids is 1. The van der Waals surface area contributed by atoms with E-state index >= 15 is 0 Å². The number of rotatable bonds is 25. The third-order valence-corrected chi connectivity index (χ3v) is 3.80. The summed E-state index contributed by atoms with van der Waals surface area (Å²) in [6, 6.07) is 0. The molecule has 180 valence electrons. The first kappa shape index (κ1) is 29.4. The fourth-order valence-electron chi connectivity index (χ4n) is 2.03. The highest BCUT2D eigenvalue weighted by Crippen LogP contribution is 1.98. The van der Waals surface area contributed by atoms with Crippen molar-refractivity contribution in [1.82, 2.24) is 0 Å². The normalized spacial score (nSPS) is 11.5. The second-order valence-corrected chi connectivity index (χ2v) is 6.65. The van der Waals surface area contributed by atoms with Crippen molar-refractivity contribution in [2.45, 2.75) is 20.3 Å². The van der Waals surface area contributed by atoms with Crippen LogP contribution in [0.4, 0.5) is 0 Å². The van der Waals surface area contributed by atoms with E-state index in [0.717, 1.165) is 0 Å². The van der Waals surface area contributed by atoms with Gasteiger partial charge >= 0.3 is 0 Å². The van der Waals surface area contributed by atoms with E-state index in [4.69, 9.17) is 37.9 Å². The van der Waals surface area contributed by atoms with Gasteiger partial charge < -0.3 is 37.9 Å². The van der Waals surface area contributed by atoms with Crippen molar-refractivity contribution in [1.29, 1.82) is 0 Å². The number of Topliss-reactive ketones (excluding diaryl/α,β-unsaturated/α-hetero) is 1. The summed E-state index contributed by atoms with van der Waals surface area (Å²) in [7, 11) is 1.64. The van der Waals surface area contributed by atoms with Gasteiger partial charge in [-0.25, -0.2) is 0 Å². The monoisotopic (exact) mass is 438 g/mol. The van der Waals surface area contributed by atoms with E-state index < -0.39 is 0 Å². The molecule has 0 aliphatic rings. The van der Waals surface area contributed by atoms with Gasteiger partial charge in [-0.3, -0.25) is 4.79 Å². The second kappa shape index (κ2) is 24.6. The summed E-state index contributed by atoms with van der Waals surface area (Å²) in [4.78, 5) is 11.4. The minimum atomic E-state index is 0.0699. The number of hydrogen-bond donors (Lipinski definition) is 0. The average Bonchev–Trinajstić information content (AvgIpc) is 2.74. The first-order chi connectivity index (χ1) is 14.7. The molecule has 9 heteroatoms. The average molecular weight is 439 g/mol. The third kappa shape index (κ3) is 23.6. The van der Waals surface area contributed by atoms with Gasteiger partial charge in [-0.1, -0.05) is 13.8 Å². The second-order valence-electron chi connectivity index (χ2n) is 6.65. The summed E-state index contributed by atoms with van der Waals surface area (Å²) in [5.74, 6) is 0.295. The van der Waals surface area contributed by atoms with Gasteiger partial charge in [0.25, 0.3) is 0 Å². The molecular weight excluding hydrogens is 396 g/mol. The van der Waals surface area contributed by atoms with E-state index in [0.29, 0.717) is 106 Å². The van der Waals surface area contributed by atoms with Crippen LogP contribution in [0.25, 0.3) is 0 Å². The summed E-state index contributed by atoms with van der Waals surface area (Å²) in [5.41, 5.74) is 0. The van der Waals surface area contributed by atoms with Gasteiger partial charge in [0.15, 0.2) is 0 Å². The van der Waals surface area contributed by atoms with Crippen molar-refractivity contribution in [2.24, 2.45) is 5.92 Å². The Morgan fingerprint density at radius 3 is 1.03 bits per heavy atom. The van der Waals surface area contributed by atoms with E-state index in [1.165, 1.54) is 0 Å². The lowest BCUT2D eigenvalue weighted by Gasteiger charge is -2.08. The maximum absolute atomic E-state index is 11.4. The molecule has 0 N–H and O–H groups in total. The van der Waals surface area contributed by atoms with E-state index in [-0.39, 0.29) is 11.7 Å². The van der Waals surface area contributed by atoms with Crippen LogP contribution in [0.1, 0.15) is 20.3 Å². The molecule has 30 heavy (non-hydrogen) atoms. The third-order valence-electron chi connectivity index (χ3n) is 3.80. The molecule has 0 bridgehead atoms. The van der Waals surface area contributed by atoms with E-state index in [1.807, 2.05) is 13.8 Å². The highest BCUT2D eigenvalue weighted by atomic mass is 16.6. The Bertz CT molecular complexity index is 353. The lowest BCUT2D eigenvalue weighted by Crippen LogP contribution is -2.15. The summed E-state index contributed by atoms with van der Waals surface area (Å²) in [6.45, 7) is 11.7. The van der Waals surface area contributed by atoms with Crippen LogP contribution in [0, 0.1) is 5.92 Å². The molecule has 0 heterocycles. The summed E-state index contributed by atoms with van der Waals surface area (Å²) in [5, 5.41) is 0. The van der Waals surface area contributed by atoms with Gasteiger partial charge in [0.1, 0.15) is 5.78 Å². The molecule has 0 aliphatic heterocycles. The predicted octanol–water partition coefficient (Wildman–Crippen LogP) is 1.36. The first-order valence-electron chi connectivity index (χ1n) is 10.7. The van der Waals surface area contributed by atoms with Crippen LogP contribution in [-0.2, 0) is 42.7 Å². The van der Waals surface area contributed by atoms with Gasteiger partial charge in [-0.15, -0.1) is 0 Å². The van der Waals surface area contributed by atoms with E-state index in [9.17, 15) is 4.79 Å². The molecule has 0 aromatic carbocycles. The van der Waals surface area contributed by atoms with Crippen molar-refractivity contribution < 1.29 is 42.7 Å². The maximum atomic E-state index is 11.4. The Hall–Kier alpha value is -0.650. The van der Waals surface area contributed by atoms with Crippen LogP contribution >= 0.6 is 0 Å². The van der Waals surface area contributed by atoms with Gasteiger partial charge in [-0.05, 0) is 0 Å². The first-order valence-corrected chi connectivity index (χ1v) is 10.7. The van der Waals surface area contributed by atoms with Crippen molar-refractivity contribution in [3.05, 3.63) is 0 Å². The highest BCUT2D eigenvalue weighted by Gasteiger charge is 2.05. The van der Waals surface area contributed by atoms with Gasteiger partial charge in [0.05, 0.1) is 99.1 Å². The number of ether oxygens (including phenoxy) is 8. The minimum Gasteiger partial charge on any atom is -0.382 e. The molecule has 0 saturated heterocycles. The molecule has 0 aromatic rings. The smallest absolute Gasteiger partial charge is 0.137 e. The number of hydrogen-bond acceptors (Lipinski definition) is 9. The zero-order valence-corrected chi connectivity index (χ0v) is 19.1. The van der Waals surface area contributed by atoms with Crippen LogP contribution in [-0.4, -0.2) is 112 Å². The molecule has 0 saturated carbocycles. The van der Waals surface area contributed by atoms with Crippen LogP contribution in [0.5, 0.6) is 0 Å². The molecule has 0 aromatic heterocycles. The van der Waals surface area contributed by atoms with Crippen LogP contribution < -0.4 is 0 Å². The van der Waals surface area contributed by atoms with Crippen molar-refractivity contribution in [3.8, 4) is 0 Å². The molecule has 0 unspecified atom stereocenters. The number of carbonyl (C=O) groups is 1. The molecule has 0 fully saturated rings. The SMILES string of the molecule is COCCOCCOCCOCCOCCOCCOCCOCCC(=O)C(C)C. The van der Waals surface area contributed by atoms with Crippen LogP contribution in [0.2, 0.25) is 0 Å². The van der Waals surface area contributed by atoms with Gasteiger partial charge in [0, 0.05) is 19.4 Å². The van der Waals surface area contributed by atoms with E-state index in [2.05, 4.69) is 0 Å². The number of methoxy groups -OCH3 is 1. The zero-order valence-electron chi connectivity index (χ0n) is 19.1. The van der Waals surface area contributed by atoms with E-state index in [1.54, 1.807) is 7.11 Å². The fourth-order valence-corrected chi connectivity index (χ4v) is 2.03. The Kier molecular flexibility index (Phi) is 24.1. The summed E-state index contributed by atoms with van der Waals surface area (Å²) >= 11 is 0. The van der Waals surface area contributed by atoms with Crippen molar-refractivity contribution in [2.75, 3.05) is 106 Å². The molecule has 0 rings (SSSR count). The molecule has 0 radical (unpaired) electrons. The summed E-state index contributed by atoms with van der Waals surface area (Å²) in [6.07, 6.45) is 0.463. The van der Waals surface area contributed by atoms with Crippen molar-refractivity contribution in [3.63, 3.8) is 0 Å². The fraction of sp³-hybridized carbons (Fsp3) is 0.952. The predicted molar refractivity (Wildman–Crippen MR) is 112 cm³/mol. The Labute approximate surface area is 181 Å². The van der Waals surface area contributed by atoms with Crippen molar-refractivity contribution >= 4 is 5.78 Å². The topological polar surface area (TPSA) is 90.9 Å². The molecular formula is C21H42O9. The van der Waals surface area contributed by atoms with Crippen LogP contribution in [0.3, 0.4) is 0 Å². The maximum Gasteiger partial charge on any atom is 0.137 e. The standard InChI is InChI=1S/C21H42O9/c1-20(2)21(22)4-5-24-8-9-26-12-13-28-16-17-30-19-18-29-15-14-27-11-10-25-7-6-23-3/h20H,4-19H2,1-3H3. The molecule has 9 nitrogen and oxygen atoms in total. The number of ketones is 1. The van der Waals surface area contributed by atoms with Gasteiger partial charge in [-0.2, -0.15) is 0 Å².